The van der Waals surface area contributed by atoms with Crippen molar-refractivity contribution in [1.29, 1.82) is 0 Å². The highest BCUT2D eigenvalue weighted by Gasteiger charge is 2.33. The highest BCUT2D eigenvalue weighted by atomic mass is 79.9. The molecule has 5 heteroatoms. The highest BCUT2D eigenvalue weighted by Crippen LogP contribution is 2.27. The molecule has 0 radical (unpaired) electrons. The van der Waals surface area contributed by atoms with Crippen LogP contribution in [0.25, 0.3) is 0 Å². The molecule has 80 valence electrons. The molecule has 4 nitrogen and oxygen atoms in total. The van der Waals surface area contributed by atoms with Crippen LogP contribution in [0, 0.1) is 0 Å². The lowest BCUT2D eigenvalue weighted by atomic mass is 10.1. The normalized spacial score (nSPS) is 23.6. The summed E-state index contributed by atoms with van der Waals surface area (Å²) in [6.45, 7) is 0. The van der Waals surface area contributed by atoms with E-state index in [0.29, 0.717) is 5.56 Å². The Morgan fingerprint density at radius 1 is 1.53 bits per heavy atom. The summed E-state index contributed by atoms with van der Waals surface area (Å²) in [5, 5.41) is 3.20. The van der Waals surface area contributed by atoms with E-state index >= 15 is 0 Å². The van der Waals surface area contributed by atoms with Gasteiger partial charge >= 0.3 is 0 Å². The van der Waals surface area contributed by atoms with Crippen molar-refractivity contribution < 1.29 is 4.79 Å². The van der Waals surface area contributed by atoms with E-state index in [2.05, 4.69) is 21.2 Å². The fourth-order valence-corrected chi connectivity index (χ4v) is 1.79. The number of hydrogen-bond acceptors (Lipinski definition) is 3. The third-order valence-electron chi connectivity index (χ3n) is 2.43. The number of nitrogens with one attached hydrogen (secondary N) is 1. The van der Waals surface area contributed by atoms with Crippen molar-refractivity contribution in [2.45, 2.75) is 18.5 Å². The molecular formula is C10H12BrN3O. The number of carbonyl (C=O) groups is 1. The van der Waals surface area contributed by atoms with Crippen LogP contribution in [0.4, 0.5) is 5.69 Å². The number of halogens is 1. The summed E-state index contributed by atoms with van der Waals surface area (Å²) < 4.78 is 0.835. The number of benzene rings is 1. The minimum absolute atomic E-state index is 0.189. The van der Waals surface area contributed by atoms with Crippen LogP contribution in [0.3, 0.4) is 0 Å². The van der Waals surface area contributed by atoms with Gasteiger partial charge in [0.2, 0.25) is 0 Å². The van der Waals surface area contributed by atoms with Crippen molar-refractivity contribution in [1.82, 2.24) is 0 Å². The van der Waals surface area contributed by atoms with Gasteiger partial charge in [-0.25, -0.2) is 0 Å². The highest BCUT2D eigenvalue weighted by molar-refractivity contribution is 9.10. The first-order chi connectivity index (χ1) is 7.08. The third-order valence-corrected chi connectivity index (χ3v) is 2.92. The Bertz CT molecular complexity index is 408. The number of primary amides is 1. The lowest BCUT2D eigenvalue weighted by Gasteiger charge is -2.09. The van der Waals surface area contributed by atoms with Crippen molar-refractivity contribution in [2.75, 3.05) is 5.32 Å². The summed E-state index contributed by atoms with van der Waals surface area (Å²) in [6, 6.07) is 5.86. The summed E-state index contributed by atoms with van der Waals surface area (Å²) in [5.74, 6) is -0.437. The van der Waals surface area contributed by atoms with Gasteiger partial charge in [0.05, 0.1) is 5.56 Å². The van der Waals surface area contributed by atoms with Crippen LogP contribution in [0.1, 0.15) is 16.8 Å². The summed E-state index contributed by atoms with van der Waals surface area (Å²) in [5.41, 5.74) is 12.2. The van der Waals surface area contributed by atoms with E-state index in [0.717, 1.165) is 16.6 Å². The van der Waals surface area contributed by atoms with Crippen LogP contribution in [-0.4, -0.2) is 18.0 Å². The van der Waals surface area contributed by atoms with Gasteiger partial charge < -0.3 is 16.8 Å². The summed E-state index contributed by atoms with van der Waals surface area (Å²) in [7, 11) is 0. The monoisotopic (exact) mass is 269 g/mol. The van der Waals surface area contributed by atoms with Crippen LogP contribution >= 0.6 is 15.9 Å². The molecule has 1 aromatic rings. The number of amides is 1. The molecule has 0 aliphatic heterocycles. The molecule has 2 unspecified atom stereocenters. The van der Waals surface area contributed by atoms with Gasteiger partial charge in [-0.15, -0.1) is 0 Å². The molecule has 1 fully saturated rings. The van der Waals surface area contributed by atoms with Crippen LogP contribution in [0.15, 0.2) is 22.7 Å². The number of carbonyl (C=O) groups excluding carboxylic acids is 1. The number of anilines is 1. The smallest absolute Gasteiger partial charge is 0.250 e. The summed E-state index contributed by atoms with van der Waals surface area (Å²) >= 11 is 3.30. The average Bonchev–Trinajstić information content (AvgIpc) is 2.85. The maximum Gasteiger partial charge on any atom is 0.250 e. The Morgan fingerprint density at radius 3 is 2.73 bits per heavy atom. The zero-order valence-corrected chi connectivity index (χ0v) is 9.62. The summed E-state index contributed by atoms with van der Waals surface area (Å²) in [6.07, 6.45) is 0.939. The second-order valence-electron chi connectivity index (χ2n) is 3.70. The molecule has 1 aliphatic carbocycles. The predicted octanol–water partition coefficient (Wildman–Crippen LogP) is 1.06. The van der Waals surface area contributed by atoms with Crippen LogP contribution in [-0.2, 0) is 0 Å². The minimum Gasteiger partial charge on any atom is -0.380 e. The topological polar surface area (TPSA) is 81.1 Å². The quantitative estimate of drug-likeness (QED) is 0.768. The van der Waals surface area contributed by atoms with Crippen molar-refractivity contribution in [3.8, 4) is 0 Å². The zero-order chi connectivity index (χ0) is 11.0. The molecule has 15 heavy (non-hydrogen) atoms. The van der Waals surface area contributed by atoms with Gasteiger partial charge in [0.15, 0.2) is 0 Å². The fourth-order valence-electron chi connectivity index (χ4n) is 1.43. The van der Waals surface area contributed by atoms with Crippen molar-refractivity contribution in [2.24, 2.45) is 11.5 Å². The zero-order valence-electron chi connectivity index (χ0n) is 8.03. The minimum atomic E-state index is -0.437. The molecule has 1 amide bonds. The second kappa shape index (κ2) is 3.83. The Morgan fingerprint density at radius 2 is 2.20 bits per heavy atom. The Balaban J connectivity index is 2.25. The first-order valence-corrected chi connectivity index (χ1v) is 5.48. The van der Waals surface area contributed by atoms with E-state index in [1.165, 1.54) is 0 Å². The van der Waals surface area contributed by atoms with E-state index in [1.54, 1.807) is 6.07 Å². The molecule has 5 N–H and O–H groups in total. The van der Waals surface area contributed by atoms with Gasteiger partial charge in [0.25, 0.3) is 5.91 Å². The van der Waals surface area contributed by atoms with E-state index in [-0.39, 0.29) is 12.1 Å². The molecule has 1 saturated carbocycles. The average molecular weight is 270 g/mol. The SMILES string of the molecule is NC(=O)c1cc(Br)ccc1NC1CC1N. The molecule has 2 atom stereocenters. The van der Waals surface area contributed by atoms with Gasteiger partial charge in [-0.1, -0.05) is 15.9 Å². The largest absolute Gasteiger partial charge is 0.380 e. The molecular weight excluding hydrogens is 258 g/mol. The maximum absolute atomic E-state index is 11.2. The molecule has 1 aliphatic rings. The maximum atomic E-state index is 11.2. The molecule has 0 bridgehead atoms. The van der Waals surface area contributed by atoms with Gasteiger partial charge in [-0.2, -0.15) is 0 Å². The molecule has 0 spiro atoms. The van der Waals surface area contributed by atoms with Gasteiger partial charge in [0.1, 0.15) is 0 Å². The molecule has 0 saturated heterocycles. The lowest BCUT2D eigenvalue weighted by molar-refractivity contribution is 0.100. The van der Waals surface area contributed by atoms with E-state index in [1.807, 2.05) is 12.1 Å². The van der Waals surface area contributed by atoms with Gasteiger partial charge in [-0.3, -0.25) is 4.79 Å². The number of hydrogen-bond donors (Lipinski definition) is 3. The van der Waals surface area contributed by atoms with Crippen molar-refractivity contribution in [3.63, 3.8) is 0 Å². The van der Waals surface area contributed by atoms with Crippen molar-refractivity contribution >= 4 is 27.5 Å². The van der Waals surface area contributed by atoms with Gasteiger partial charge in [0, 0.05) is 22.2 Å². The first kappa shape index (κ1) is 10.4. The molecule has 2 rings (SSSR count). The van der Waals surface area contributed by atoms with E-state index in [4.69, 9.17) is 11.5 Å². The first-order valence-electron chi connectivity index (χ1n) is 4.69. The Hall–Kier alpha value is -1.07. The number of rotatable bonds is 3. The Kier molecular flexibility index (Phi) is 2.67. The fraction of sp³-hybridized carbons (Fsp3) is 0.300. The van der Waals surface area contributed by atoms with Crippen LogP contribution < -0.4 is 16.8 Å². The molecule has 0 aromatic heterocycles. The molecule has 1 aromatic carbocycles. The standard InChI is InChI=1S/C10H12BrN3O/c11-5-1-2-8(6(3-5)10(13)15)14-9-4-7(9)12/h1-3,7,9,14H,4,12H2,(H2,13,15). The Labute approximate surface area is 96.1 Å². The van der Waals surface area contributed by atoms with Crippen LogP contribution in [0.2, 0.25) is 0 Å². The van der Waals surface area contributed by atoms with E-state index < -0.39 is 5.91 Å². The van der Waals surface area contributed by atoms with Gasteiger partial charge in [-0.05, 0) is 24.6 Å². The van der Waals surface area contributed by atoms with E-state index in [9.17, 15) is 4.79 Å². The molecule has 0 heterocycles. The van der Waals surface area contributed by atoms with Crippen molar-refractivity contribution in [3.05, 3.63) is 28.2 Å². The summed E-state index contributed by atoms with van der Waals surface area (Å²) in [4.78, 5) is 11.2. The van der Waals surface area contributed by atoms with Crippen LogP contribution in [0.5, 0.6) is 0 Å². The number of nitrogens with two attached hydrogens (primary N) is 2. The third kappa shape index (κ3) is 2.30. The lowest BCUT2D eigenvalue weighted by Crippen LogP contribution is -2.18. The second-order valence-corrected chi connectivity index (χ2v) is 4.62. The predicted molar refractivity (Wildman–Crippen MR) is 62.7 cm³/mol.